The van der Waals surface area contributed by atoms with Gasteiger partial charge in [-0.15, -0.1) is 0 Å². The van der Waals surface area contributed by atoms with Crippen molar-refractivity contribution in [3.8, 4) is 11.1 Å². The van der Waals surface area contributed by atoms with E-state index in [0.29, 0.717) is 24.2 Å². The molecule has 2 amide bonds. The maximum absolute atomic E-state index is 13.0. The second-order valence-corrected chi connectivity index (χ2v) is 8.92. The summed E-state index contributed by atoms with van der Waals surface area (Å²) in [5.74, 6) is -1.19. The standard InChI is InChI=1S/C28H26N2O5/c31-26(32)16-20-9-6-14-30(20)27(33)18-7-5-8-19(15-18)29-28(34)35-17-25-23-12-3-1-10-21(23)22-11-2-4-13-24(22)25/h1-5,7-8,10-13,15,20,25H,6,9,14,16-17H2,(H,29,34)(H,31,32)/t20-/m1/s1. The zero-order chi connectivity index (χ0) is 24.4. The van der Waals surface area contributed by atoms with Gasteiger partial charge in [0.25, 0.3) is 5.91 Å². The highest BCUT2D eigenvalue weighted by Crippen LogP contribution is 2.44. The van der Waals surface area contributed by atoms with Crippen LogP contribution >= 0.6 is 0 Å². The highest BCUT2D eigenvalue weighted by atomic mass is 16.5. The second-order valence-electron chi connectivity index (χ2n) is 8.92. The summed E-state index contributed by atoms with van der Waals surface area (Å²) in [7, 11) is 0. The molecule has 178 valence electrons. The molecule has 0 bridgehead atoms. The van der Waals surface area contributed by atoms with Gasteiger partial charge in [0.2, 0.25) is 0 Å². The molecule has 7 heteroatoms. The third kappa shape index (κ3) is 4.62. The lowest BCUT2D eigenvalue weighted by atomic mass is 9.98. The second kappa shape index (κ2) is 9.62. The van der Waals surface area contributed by atoms with E-state index in [9.17, 15) is 14.4 Å². The maximum atomic E-state index is 13.0. The highest BCUT2D eigenvalue weighted by Gasteiger charge is 2.31. The van der Waals surface area contributed by atoms with E-state index in [-0.39, 0.29) is 30.9 Å². The van der Waals surface area contributed by atoms with Crippen LogP contribution in [-0.2, 0) is 9.53 Å². The summed E-state index contributed by atoms with van der Waals surface area (Å²) < 4.78 is 5.59. The molecule has 0 radical (unpaired) electrons. The first-order chi connectivity index (χ1) is 17.0. The van der Waals surface area contributed by atoms with Crippen molar-refractivity contribution < 1.29 is 24.2 Å². The smallest absolute Gasteiger partial charge is 0.411 e. The molecule has 3 aromatic rings. The van der Waals surface area contributed by atoms with E-state index in [1.807, 2.05) is 24.3 Å². The fourth-order valence-electron chi connectivity index (χ4n) is 5.17. The lowest BCUT2D eigenvalue weighted by Crippen LogP contribution is -2.36. The molecule has 5 rings (SSSR count). The molecule has 0 aromatic heterocycles. The molecule has 35 heavy (non-hydrogen) atoms. The first kappa shape index (κ1) is 22.7. The number of hydrogen-bond acceptors (Lipinski definition) is 4. The third-order valence-electron chi connectivity index (χ3n) is 6.75. The van der Waals surface area contributed by atoms with Crippen molar-refractivity contribution in [2.24, 2.45) is 0 Å². The Bertz CT molecular complexity index is 1240. The fourth-order valence-corrected chi connectivity index (χ4v) is 5.17. The van der Waals surface area contributed by atoms with Gasteiger partial charge < -0.3 is 14.7 Å². The molecule has 0 unspecified atom stereocenters. The van der Waals surface area contributed by atoms with E-state index in [1.54, 1.807) is 29.2 Å². The fraction of sp³-hybridized carbons (Fsp3) is 0.250. The van der Waals surface area contributed by atoms with Gasteiger partial charge in [-0.2, -0.15) is 0 Å². The molecule has 2 aliphatic rings. The van der Waals surface area contributed by atoms with Gasteiger partial charge in [-0.3, -0.25) is 14.9 Å². The largest absolute Gasteiger partial charge is 0.481 e. The number of aliphatic carboxylic acids is 1. The van der Waals surface area contributed by atoms with Gasteiger partial charge in [-0.25, -0.2) is 4.79 Å². The number of benzene rings is 3. The topological polar surface area (TPSA) is 95.9 Å². The Morgan fingerprint density at radius 3 is 2.31 bits per heavy atom. The Balaban J connectivity index is 1.24. The van der Waals surface area contributed by atoms with Gasteiger partial charge >= 0.3 is 12.1 Å². The number of likely N-dealkylation sites (tertiary alicyclic amines) is 1. The van der Waals surface area contributed by atoms with Crippen molar-refractivity contribution in [1.29, 1.82) is 0 Å². The minimum atomic E-state index is -0.916. The summed E-state index contributed by atoms with van der Waals surface area (Å²) >= 11 is 0. The van der Waals surface area contributed by atoms with Gasteiger partial charge in [0.1, 0.15) is 6.61 Å². The number of carbonyl (C=O) groups is 3. The Hall–Kier alpha value is -4.13. The van der Waals surface area contributed by atoms with Crippen molar-refractivity contribution in [2.75, 3.05) is 18.5 Å². The SMILES string of the molecule is O=C(O)C[C@H]1CCCN1C(=O)c1cccc(NC(=O)OCC2c3ccccc3-c3ccccc32)c1. The Morgan fingerprint density at radius 1 is 0.943 bits per heavy atom. The van der Waals surface area contributed by atoms with Gasteiger partial charge in [-0.1, -0.05) is 54.6 Å². The van der Waals surface area contributed by atoms with E-state index in [1.165, 1.54) is 0 Å². The molecule has 1 aliphatic carbocycles. The number of carbonyl (C=O) groups excluding carboxylic acids is 2. The molecule has 7 nitrogen and oxygen atoms in total. The van der Waals surface area contributed by atoms with Crippen LogP contribution in [-0.4, -0.2) is 47.2 Å². The summed E-state index contributed by atoms with van der Waals surface area (Å²) in [5, 5.41) is 11.8. The van der Waals surface area contributed by atoms with Crippen molar-refractivity contribution in [1.82, 2.24) is 4.90 Å². The normalized spacial score (nSPS) is 16.5. The predicted octanol–water partition coefficient (Wildman–Crippen LogP) is 5.13. The zero-order valence-corrected chi connectivity index (χ0v) is 19.1. The molecule has 1 fully saturated rings. The molecule has 1 saturated heterocycles. The number of nitrogens with one attached hydrogen (secondary N) is 1. The first-order valence-electron chi connectivity index (χ1n) is 11.8. The number of ether oxygens (including phenoxy) is 1. The number of rotatable bonds is 6. The Labute approximate surface area is 203 Å². The maximum Gasteiger partial charge on any atom is 0.411 e. The Kier molecular flexibility index (Phi) is 6.23. The number of amides is 2. The monoisotopic (exact) mass is 470 g/mol. The summed E-state index contributed by atoms with van der Waals surface area (Å²) in [6.45, 7) is 0.726. The number of carboxylic acids is 1. The van der Waals surface area contributed by atoms with E-state index in [2.05, 4.69) is 29.6 Å². The van der Waals surface area contributed by atoms with Gasteiger partial charge in [0.15, 0.2) is 0 Å². The molecule has 1 aliphatic heterocycles. The summed E-state index contributed by atoms with van der Waals surface area (Å²) in [6, 6.07) is 22.6. The van der Waals surface area contributed by atoms with Gasteiger partial charge in [0, 0.05) is 29.8 Å². The number of nitrogens with zero attached hydrogens (tertiary/aromatic N) is 1. The lowest BCUT2D eigenvalue weighted by Gasteiger charge is -2.23. The van der Waals surface area contributed by atoms with Crippen LogP contribution in [0, 0.1) is 0 Å². The average molecular weight is 471 g/mol. The van der Waals surface area contributed by atoms with Crippen LogP contribution in [0.2, 0.25) is 0 Å². The van der Waals surface area contributed by atoms with E-state index in [4.69, 9.17) is 9.84 Å². The summed E-state index contributed by atoms with van der Waals surface area (Å²) in [5.41, 5.74) is 5.44. The van der Waals surface area contributed by atoms with Crippen LogP contribution in [0.25, 0.3) is 11.1 Å². The summed E-state index contributed by atoms with van der Waals surface area (Å²) in [4.78, 5) is 38.4. The average Bonchev–Trinajstić information content (AvgIpc) is 3.44. The molecular weight excluding hydrogens is 444 g/mol. The van der Waals surface area contributed by atoms with Crippen LogP contribution < -0.4 is 5.32 Å². The number of carboxylic acid groups (broad SMARTS) is 1. The number of anilines is 1. The minimum absolute atomic E-state index is 0.0394. The van der Waals surface area contributed by atoms with Crippen molar-refractivity contribution in [3.63, 3.8) is 0 Å². The molecule has 0 spiro atoms. The predicted molar refractivity (Wildman–Crippen MR) is 131 cm³/mol. The molecule has 0 saturated carbocycles. The summed E-state index contributed by atoms with van der Waals surface area (Å²) in [6.07, 6.45) is 0.793. The third-order valence-corrected chi connectivity index (χ3v) is 6.75. The minimum Gasteiger partial charge on any atom is -0.481 e. The molecular formula is C28H26N2O5. The lowest BCUT2D eigenvalue weighted by molar-refractivity contribution is -0.137. The number of hydrogen-bond donors (Lipinski definition) is 2. The molecule has 1 atom stereocenters. The highest BCUT2D eigenvalue weighted by molar-refractivity contribution is 5.97. The van der Waals surface area contributed by atoms with Crippen molar-refractivity contribution >= 4 is 23.7 Å². The van der Waals surface area contributed by atoms with Crippen molar-refractivity contribution in [3.05, 3.63) is 89.5 Å². The van der Waals surface area contributed by atoms with E-state index in [0.717, 1.165) is 28.7 Å². The van der Waals surface area contributed by atoms with Gasteiger partial charge in [-0.05, 0) is 53.3 Å². The van der Waals surface area contributed by atoms with Gasteiger partial charge in [0.05, 0.1) is 6.42 Å². The Morgan fingerprint density at radius 2 is 1.63 bits per heavy atom. The van der Waals surface area contributed by atoms with Crippen LogP contribution in [0.15, 0.2) is 72.8 Å². The first-order valence-corrected chi connectivity index (χ1v) is 11.8. The van der Waals surface area contributed by atoms with E-state index < -0.39 is 12.1 Å². The van der Waals surface area contributed by atoms with E-state index >= 15 is 0 Å². The molecule has 1 heterocycles. The van der Waals surface area contributed by atoms with Crippen LogP contribution in [0.3, 0.4) is 0 Å². The molecule has 3 aromatic carbocycles. The molecule has 2 N–H and O–H groups in total. The van der Waals surface area contributed by atoms with Crippen LogP contribution in [0.4, 0.5) is 10.5 Å². The zero-order valence-electron chi connectivity index (χ0n) is 19.1. The quantitative estimate of drug-likeness (QED) is 0.521. The van der Waals surface area contributed by atoms with Crippen LogP contribution in [0.1, 0.15) is 46.7 Å². The van der Waals surface area contributed by atoms with Crippen molar-refractivity contribution in [2.45, 2.75) is 31.2 Å². The number of fused-ring (bicyclic) bond motifs is 3. The van der Waals surface area contributed by atoms with Crippen LogP contribution in [0.5, 0.6) is 0 Å².